The van der Waals surface area contributed by atoms with Gasteiger partial charge in [0.25, 0.3) is 0 Å². The minimum absolute atomic E-state index is 0.0231. The van der Waals surface area contributed by atoms with E-state index in [0.29, 0.717) is 17.7 Å². The molecule has 2 saturated heterocycles. The van der Waals surface area contributed by atoms with Crippen molar-refractivity contribution in [2.45, 2.75) is 51.6 Å². The van der Waals surface area contributed by atoms with E-state index in [0.717, 1.165) is 51.9 Å². The Bertz CT molecular complexity index is 596. The molecule has 0 aromatic carbocycles. The summed E-state index contributed by atoms with van der Waals surface area (Å²) in [5.74, 6) is 1.23. The Morgan fingerprint density at radius 1 is 0.920 bits per heavy atom. The molecule has 2 fully saturated rings. The predicted octanol–water partition coefficient (Wildman–Crippen LogP) is 1.81. The van der Waals surface area contributed by atoms with Crippen LogP contribution in [0.1, 0.15) is 50.8 Å². The van der Waals surface area contributed by atoms with Crippen LogP contribution in [0, 0.1) is 11.3 Å². The molecule has 0 aliphatic carbocycles. The van der Waals surface area contributed by atoms with Gasteiger partial charge < -0.3 is 14.5 Å². The molecule has 0 unspecified atom stereocenters. The Hall–Kier alpha value is -2.43. The topological polar surface area (TPSA) is 95.2 Å². The van der Waals surface area contributed by atoms with E-state index in [1.807, 2.05) is 0 Å². The van der Waals surface area contributed by atoms with Crippen LogP contribution >= 0.6 is 0 Å². The number of anilines is 2. The fourth-order valence-electron chi connectivity index (χ4n) is 3.19. The molecule has 0 amide bonds. The van der Waals surface area contributed by atoms with E-state index >= 15 is 0 Å². The van der Waals surface area contributed by atoms with Gasteiger partial charge in [-0.1, -0.05) is 0 Å². The van der Waals surface area contributed by atoms with Gasteiger partial charge in [0.05, 0.1) is 6.07 Å². The van der Waals surface area contributed by atoms with Crippen molar-refractivity contribution < 1.29 is 9.53 Å². The number of hydrogen-bond acceptors (Lipinski definition) is 8. The summed E-state index contributed by atoms with van der Waals surface area (Å²) < 4.78 is 5.10. The maximum atomic E-state index is 11.5. The first-order valence-electron chi connectivity index (χ1n) is 9.03. The highest BCUT2D eigenvalue weighted by Crippen LogP contribution is 2.21. The average molecular weight is 344 g/mol. The largest absolute Gasteiger partial charge is 0.457 e. The number of nitrogens with zero attached hydrogens (tertiary/aromatic N) is 6. The lowest BCUT2D eigenvalue weighted by atomic mass is 10.1. The van der Waals surface area contributed by atoms with Crippen molar-refractivity contribution in [2.24, 2.45) is 0 Å². The highest BCUT2D eigenvalue weighted by Gasteiger charge is 2.20. The molecule has 1 aromatic rings. The highest BCUT2D eigenvalue weighted by molar-refractivity contribution is 5.71. The Kier molecular flexibility index (Phi) is 5.99. The SMILES string of the molecule is N#CCC(=O)OCc1nc(N2CCCCC2)nc(N2CCCCC2)n1. The summed E-state index contributed by atoms with van der Waals surface area (Å²) in [5.41, 5.74) is 0. The van der Waals surface area contributed by atoms with E-state index in [2.05, 4.69) is 24.8 Å². The second kappa shape index (κ2) is 8.60. The van der Waals surface area contributed by atoms with Gasteiger partial charge in [-0.05, 0) is 38.5 Å². The zero-order chi connectivity index (χ0) is 17.5. The third-order valence-corrected chi connectivity index (χ3v) is 4.52. The van der Waals surface area contributed by atoms with Gasteiger partial charge in [-0.3, -0.25) is 4.79 Å². The zero-order valence-electron chi connectivity index (χ0n) is 14.5. The Morgan fingerprint density at radius 2 is 1.44 bits per heavy atom. The molecule has 3 rings (SSSR count). The smallest absolute Gasteiger partial charge is 0.320 e. The minimum Gasteiger partial charge on any atom is -0.457 e. The van der Waals surface area contributed by atoms with Gasteiger partial charge in [-0.15, -0.1) is 0 Å². The van der Waals surface area contributed by atoms with Crippen LogP contribution in [0.4, 0.5) is 11.9 Å². The molecule has 0 radical (unpaired) electrons. The number of rotatable bonds is 5. The predicted molar refractivity (Wildman–Crippen MR) is 92.0 cm³/mol. The summed E-state index contributed by atoms with van der Waals surface area (Å²) in [6, 6.07) is 1.79. The van der Waals surface area contributed by atoms with Gasteiger partial charge in [-0.2, -0.15) is 20.2 Å². The van der Waals surface area contributed by atoms with Crippen molar-refractivity contribution in [3.8, 4) is 6.07 Å². The van der Waals surface area contributed by atoms with E-state index in [1.165, 1.54) is 12.8 Å². The number of esters is 1. The second-order valence-electron chi connectivity index (χ2n) is 6.44. The fraction of sp³-hybridized carbons (Fsp3) is 0.706. The van der Waals surface area contributed by atoms with E-state index in [4.69, 9.17) is 10.00 Å². The van der Waals surface area contributed by atoms with Crippen LogP contribution in [0.15, 0.2) is 0 Å². The standard InChI is InChI=1S/C17H24N6O2/c18-8-7-15(24)25-13-14-19-16(22-9-3-1-4-10-22)21-17(20-14)23-11-5-2-6-12-23/h1-7,9-13H2. The summed E-state index contributed by atoms with van der Waals surface area (Å²) >= 11 is 0. The number of nitriles is 1. The van der Waals surface area contributed by atoms with Crippen LogP contribution < -0.4 is 9.80 Å². The Morgan fingerprint density at radius 3 is 1.92 bits per heavy atom. The van der Waals surface area contributed by atoms with Gasteiger partial charge in [-0.25, -0.2) is 0 Å². The van der Waals surface area contributed by atoms with Gasteiger partial charge in [0.1, 0.15) is 6.42 Å². The summed E-state index contributed by atoms with van der Waals surface area (Å²) in [7, 11) is 0. The molecule has 2 aliphatic rings. The van der Waals surface area contributed by atoms with Crippen LogP contribution in [0.5, 0.6) is 0 Å². The van der Waals surface area contributed by atoms with Crippen molar-refractivity contribution in [1.29, 1.82) is 5.26 Å². The van der Waals surface area contributed by atoms with Crippen LogP contribution in [-0.2, 0) is 16.1 Å². The number of hydrogen-bond donors (Lipinski definition) is 0. The van der Waals surface area contributed by atoms with Crippen LogP contribution in [0.3, 0.4) is 0 Å². The zero-order valence-corrected chi connectivity index (χ0v) is 14.5. The minimum atomic E-state index is -0.554. The molecule has 0 saturated carbocycles. The van der Waals surface area contributed by atoms with Crippen LogP contribution in [0.2, 0.25) is 0 Å². The number of aromatic nitrogens is 3. The first-order valence-corrected chi connectivity index (χ1v) is 9.03. The van der Waals surface area contributed by atoms with Gasteiger partial charge >= 0.3 is 5.97 Å². The lowest BCUT2D eigenvalue weighted by Gasteiger charge is -2.30. The average Bonchev–Trinajstić information content (AvgIpc) is 2.68. The Labute approximate surface area is 147 Å². The van der Waals surface area contributed by atoms with Gasteiger partial charge in [0.2, 0.25) is 11.9 Å². The van der Waals surface area contributed by atoms with Crippen molar-refractivity contribution in [3.63, 3.8) is 0 Å². The molecule has 8 heteroatoms. The molecule has 25 heavy (non-hydrogen) atoms. The molecule has 0 atom stereocenters. The maximum Gasteiger partial charge on any atom is 0.320 e. The van der Waals surface area contributed by atoms with Crippen molar-refractivity contribution >= 4 is 17.9 Å². The molecule has 134 valence electrons. The molecular weight excluding hydrogens is 320 g/mol. The number of carbonyl (C=O) groups is 1. The van der Waals surface area contributed by atoms with Crippen molar-refractivity contribution in [2.75, 3.05) is 36.0 Å². The second-order valence-corrected chi connectivity index (χ2v) is 6.44. The molecule has 0 N–H and O–H groups in total. The molecule has 0 bridgehead atoms. The first kappa shape index (κ1) is 17.4. The summed E-state index contributed by atoms with van der Waals surface area (Å²) in [5, 5.41) is 8.56. The number of ether oxygens (including phenoxy) is 1. The van der Waals surface area contributed by atoms with Crippen molar-refractivity contribution in [3.05, 3.63) is 5.82 Å². The highest BCUT2D eigenvalue weighted by atomic mass is 16.5. The van der Waals surface area contributed by atoms with E-state index in [9.17, 15) is 4.79 Å². The third-order valence-electron chi connectivity index (χ3n) is 4.52. The first-order chi connectivity index (χ1) is 12.3. The third kappa shape index (κ3) is 4.78. The van der Waals surface area contributed by atoms with E-state index in [-0.39, 0.29) is 13.0 Å². The molecule has 1 aromatic heterocycles. The normalized spacial score (nSPS) is 17.9. The monoisotopic (exact) mass is 344 g/mol. The fourth-order valence-corrected chi connectivity index (χ4v) is 3.19. The van der Waals surface area contributed by atoms with Gasteiger partial charge in [0.15, 0.2) is 12.4 Å². The molecule has 0 spiro atoms. The lowest BCUT2D eigenvalue weighted by molar-refractivity contribution is -0.143. The maximum absolute atomic E-state index is 11.5. The molecular formula is C17H24N6O2. The molecule has 2 aliphatic heterocycles. The summed E-state index contributed by atoms with van der Waals surface area (Å²) in [4.78, 5) is 29.5. The summed E-state index contributed by atoms with van der Waals surface area (Å²) in [6.45, 7) is 3.74. The van der Waals surface area contributed by atoms with Crippen molar-refractivity contribution in [1.82, 2.24) is 15.0 Å². The molecule has 8 nitrogen and oxygen atoms in total. The summed E-state index contributed by atoms with van der Waals surface area (Å²) in [6.07, 6.45) is 6.75. The van der Waals surface area contributed by atoms with Gasteiger partial charge in [0, 0.05) is 26.2 Å². The van der Waals surface area contributed by atoms with Crippen LogP contribution in [0.25, 0.3) is 0 Å². The van der Waals surface area contributed by atoms with Crippen LogP contribution in [-0.4, -0.2) is 47.1 Å². The number of carbonyl (C=O) groups excluding carboxylic acids is 1. The number of piperidine rings is 2. The Balaban J connectivity index is 1.79. The van der Waals surface area contributed by atoms with E-state index < -0.39 is 5.97 Å². The lowest BCUT2D eigenvalue weighted by Crippen LogP contribution is -2.34. The molecule has 3 heterocycles. The van der Waals surface area contributed by atoms with E-state index in [1.54, 1.807) is 6.07 Å². The quantitative estimate of drug-likeness (QED) is 0.746.